The van der Waals surface area contributed by atoms with Crippen molar-refractivity contribution in [1.82, 2.24) is 4.90 Å². The van der Waals surface area contributed by atoms with Crippen LogP contribution in [-0.2, 0) is 4.79 Å². The van der Waals surface area contributed by atoms with Gasteiger partial charge in [0.1, 0.15) is 11.5 Å². The molecule has 0 spiro atoms. The van der Waals surface area contributed by atoms with Gasteiger partial charge >= 0.3 is 0 Å². The van der Waals surface area contributed by atoms with E-state index >= 15 is 0 Å². The summed E-state index contributed by atoms with van der Waals surface area (Å²) in [6.07, 6.45) is 2.91. The minimum Gasteiger partial charge on any atom is -0.497 e. The van der Waals surface area contributed by atoms with Crippen molar-refractivity contribution >= 4 is 5.91 Å². The molecule has 1 unspecified atom stereocenters. The molecule has 2 rings (SSSR count). The minimum absolute atomic E-state index is 0.111. The van der Waals surface area contributed by atoms with Crippen molar-refractivity contribution in [2.45, 2.75) is 32.1 Å². The molecule has 1 atom stereocenters. The first kappa shape index (κ1) is 14.7. The standard InChI is InChI=1S/C16H23NO3/c1-4-9-17-10-5-6-13(16(17)18)14-11-12(19-2)7-8-15(14)20-3/h7-8,11,13H,4-6,9-10H2,1-3H3. The Kier molecular flexibility index (Phi) is 4.88. The number of methoxy groups -OCH3 is 2. The quantitative estimate of drug-likeness (QED) is 0.830. The highest BCUT2D eigenvalue weighted by Crippen LogP contribution is 2.36. The summed E-state index contributed by atoms with van der Waals surface area (Å²) in [6, 6.07) is 5.66. The summed E-state index contributed by atoms with van der Waals surface area (Å²) >= 11 is 0. The van der Waals surface area contributed by atoms with Gasteiger partial charge in [-0.25, -0.2) is 0 Å². The maximum Gasteiger partial charge on any atom is 0.230 e. The number of ether oxygens (including phenoxy) is 2. The summed E-state index contributed by atoms with van der Waals surface area (Å²) in [7, 11) is 3.28. The molecule has 4 nitrogen and oxygen atoms in total. The topological polar surface area (TPSA) is 38.8 Å². The lowest BCUT2D eigenvalue weighted by molar-refractivity contribution is -0.135. The van der Waals surface area contributed by atoms with E-state index in [4.69, 9.17) is 9.47 Å². The number of rotatable bonds is 5. The molecule has 1 heterocycles. The average molecular weight is 277 g/mol. The molecule has 1 amide bonds. The normalized spacial score (nSPS) is 19.1. The van der Waals surface area contributed by atoms with E-state index in [0.717, 1.165) is 49.4 Å². The molecule has 1 aromatic carbocycles. The van der Waals surface area contributed by atoms with Crippen LogP contribution in [0.2, 0.25) is 0 Å². The number of piperidine rings is 1. The fourth-order valence-corrected chi connectivity index (χ4v) is 2.83. The van der Waals surface area contributed by atoms with Gasteiger partial charge in [-0.1, -0.05) is 6.92 Å². The third-order valence-electron chi connectivity index (χ3n) is 3.84. The van der Waals surface area contributed by atoms with E-state index in [9.17, 15) is 4.79 Å². The number of carbonyl (C=O) groups excluding carboxylic acids is 1. The Morgan fingerprint density at radius 2 is 2.10 bits per heavy atom. The monoisotopic (exact) mass is 277 g/mol. The molecule has 4 heteroatoms. The molecule has 20 heavy (non-hydrogen) atoms. The van der Waals surface area contributed by atoms with Crippen LogP contribution in [0.1, 0.15) is 37.7 Å². The fraction of sp³-hybridized carbons (Fsp3) is 0.562. The number of amides is 1. The zero-order chi connectivity index (χ0) is 14.5. The van der Waals surface area contributed by atoms with E-state index in [2.05, 4.69) is 6.92 Å². The Hall–Kier alpha value is -1.71. The van der Waals surface area contributed by atoms with E-state index in [1.807, 2.05) is 23.1 Å². The molecular weight excluding hydrogens is 254 g/mol. The van der Waals surface area contributed by atoms with Crippen molar-refractivity contribution < 1.29 is 14.3 Å². The highest BCUT2D eigenvalue weighted by molar-refractivity contribution is 5.85. The third kappa shape index (κ3) is 2.89. The minimum atomic E-state index is -0.111. The van der Waals surface area contributed by atoms with Gasteiger partial charge in [0.2, 0.25) is 5.91 Å². The first-order valence-electron chi connectivity index (χ1n) is 7.22. The number of benzene rings is 1. The van der Waals surface area contributed by atoms with Gasteiger partial charge in [-0.15, -0.1) is 0 Å². The van der Waals surface area contributed by atoms with E-state index in [1.54, 1.807) is 14.2 Å². The van der Waals surface area contributed by atoms with E-state index in [-0.39, 0.29) is 11.8 Å². The third-order valence-corrected chi connectivity index (χ3v) is 3.84. The lowest BCUT2D eigenvalue weighted by Gasteiger charge is -2.33. The smallest absolute Gasteiger partial charge is 0.230 e. The second-order valence-electron chi connectivity index (χ2n) is 5.13. The van der Waals surface area contributed by atoms with Crippen LogP contribution in [0.5, 0.6) is 11.5 Å². The molecular formula is C16H23NO3. The summed E-state index contributed by atoms with van der Waals surface area (Å²) < 4.78 is 10.7. The van der Waals surface area contributed by atoms with Crippen molar-refractivity contribution in [2.24, 2.45) is 0 Å². The second-order valence-corrected chi connectivity index (χ2v) is 5.13. The van der Waals surface area contributed by atoms with Gasteiger partial charge in [0.25, 0.3) is 0 Å². The van der Waals surface area contributed by atoms with Crippen LogP contribution in [0.15, 0.2) is 18.2 Å². The predicted molar refractivity (Wildman–Crippen MR) is 78.4 cm³/mol. The fourth-order valence-electron chi connectivity index (χ4n) is 2.83. The molecule has 0 bridgehead atoms. The Morgan fingerprint density at radius 1 is 1.30 bits per heavy atom. The Labute approximate surface area is 120 Å². The van der Waals surface area contributed by atoms with Gasteiger partial charge in [0, 0.05) is 18.7 Å². The molecule has 0 radical (unpaired) electrons. The first-order valence-corrected chi connectivity index (χ1v) is 7.22. The molecule has 0 N–H and O–H groups in total. The molecule has 110 valence electrons. The van der Waals surface area contributed by atoms with Gasteiger partial charge in [-0.2, -0.15) is 0 Å². The van der Waals surface area contributed by atoms with Gasteiger partial charge in [-0.05, 0) is 37.5 Å². The molecule has 1 aliphatic heterocycles. The summed E-state index contributed by atoms with van der Waals surface area (Å²) in [4.78, 5) is 14.6. The van der Waals surface area contributed by atoms with Crippen LogP contribution >= 0.6 is 0 Å². The number of likely N-dealkylation sites (tertiary alicyclic amines) is 1. The molecule has 0 aromatic heterocycles. The van der Waals surface area contributed by atoms with Crippen LogP contribution in [0.25, 0.3) is 0 Å². The van der Waals surface area contributed by atoms with E-state index < -0.39 is 0 Å². The van der Waals surface area contributed by atoms with E-state index in [1.165, 1.54) is 0 Å². The Bertz CT molecular complexity index is 471. The zero-order valence-corrected chi connectivity index (χ0v) is 12.5. The van der Waals surface area contributed by atoms with Crippen molar-refractivity contribution in [1.29, 1.82) is 0 Å². The average Bonchev–Trinajstić information content (AvgIpc) is 2.49. The van der Waals surface area contributed by atoms with Gasteiger partial charge in [0.15, 0.2) is 0 Å². The van der Waals surface area contributed by atoms with Crippen LogP contribution in [-0.4, -0.2) is 38.1 Å². The van der Waals surface area contributed by atoms with Crippen molar-refractivity contribution in [2.75, 3.05) is 27.3 Å². The first-order chi connectivity index (χ1) is 9.71. The Morgan fingerprint density at radius 3 is 2.75 bits per heavy atom. The largest absolute Gasteiger partial charge is 0.497 e. The summed E-state index contributed by atoms with van der Waals surface area (Å²) in [5.41, 5.74) is 0.942. The maximum atomic E-state index is 12.6. The molecule has 1 aromatic rings. The van der Waals surface area contributed by atoms with Crippen LogP contribution in [0, 0.1) is 0 Å². The summed E-state index contributed by atoms with van der Waals surface area (Å²) in [5.74, 6) is 1.63. The highest BCUT2D eigenvalue weighted by atomic mass is 16.5. The van der Waals surface area contributed by atoms with Crippen molar-refractivity contribution in [3.8, 4) is 11.5 Å². The number of nitrogens with zero attached hydrogens (tertiary/aromatic N) is 1. The summed E-state index contributed by atoms with van der Waals surface area (Å²) in [5, 5.41) is 0. The second kappa shape index (κ2) is 6.64. The lowest BCUT2D eigenvalue weighted by atomic mass is 9.89. The zero-order valence-electron chi connectivity index (χ0n) is 12.5. The maximum absolute atomic E-state index is 12.6. The summed E-state index contributed by atoms with van der Waals surface area (Å²) in [6.45, 7) is 3.81. The van der Waals surface area contributed by atoms with Crippen LogP contribution in [0.4, 0.5) is 0 Å². The van der Waals surface area contributed by atoms with Gasteiger partial charge in [-0.3, -0.25) is 4.79 Å². The van der Waals surface area contributed by atoms with Crippen LogP contribution < -0.4 is 9.47 Å². The highest BCUT2D eigenvalue weighted by Gasteiger charge is 2.31. The lowest BCUT2D eigenvalue weighted by Crippen LogP contribution is -2.40. The van der Waals surface area contributed by atoms with Crippen molar-refractivity contribution in [3.05, 3.63) is 23.8 Å². The number of hydrogen-bond donors (Lipinski definition) is 0. The molecule has 1 fully saturated rings. The SMILES string of the molecule is CCCN1CCCC(c2cc(OC)ccc2OC)C1=O. The number of hydrogen-bond acceptors (Lipinski definition) is 3. The molecule has 1 saturated heterocycles. The predicted octanol–water partition coefficient (Wildman–Crippen LogP) is 2.82. The van der Waals surface area contributed by atoms with Gasteiger partial charge in [0.05, 0.1) is 20.1 Å². The van der Waals surface area contributed by atoms with Crippen LogP contribution in [0.3, 0.4) is 0 Å². The number of carbonyl (C=O) groups is 1. The molecule has 0 saturated carbocycles. The van der Waals surface area contributed by atoms with Gasteiger partial charge < -0.3 is 14.4 Å². The Balaban J connectivity index is 2.31. The molecule has 1 aliphatic rings. The van der Waals surface area contributed by atoms with Crippen molar-refractivity contribution in [3.63, 3.8) is 0 Å². The molecule has 0 aliphatic carbocycles. The van der Waals surface area contributed by atoms with E-state index in [0.29, 0.717) is 0 Å².